The number of fused-ring (bicyclic) bond motifs is 1. The second-order valence-electron chi connectivity index (χ2n) is 7.97. The van der Waals surface area contributed by atoms with E-state index in [9.17, 15) is 13.2 Å². The largest absolute Gasteiger partial charge is 0.487 e. The van der Waals surface area contributed by atoms with E-state index in [1.165, 1.54) is 18.5 Å². The van der Waals surface area contributed by atoms with Gasteiger partial charge in [-0.1, -0.05) is 18.2 Å². The Morgan fingerprint density at radius 2 is 1.45 bits per heavy atom. The summed E-state index contributed by atoms with van der Waals surface area (Å²) >= 11 is 0. The molecule has 0 spiro atoms. The number of rotatable bonds is 12. The Morgan fingerprint density at radius 3 is 2.11 bits per heavy atom. The minimum atomic E-state index is -4.65. The number of anilines is 2. The summed E-state index contributed by atoms with van der Waals surface area (Å²) in [6.45, 7) is 1.27. The highest BCUT2D eigenvalue weighted by atomic mass is 19.4. The molecule has 0 saturated carbocycles. The lowest BCUT2D eigenvalue weighted by Gasteiger charge is -2.17. The molecule has 4 rings (SSSR count). The highest BCUT2D eigenvalue weighted by Gasteiger charge is 2.35. The van der Waals surface area contributed by atoms with Gasteiger partial charge in [0.1, 0.15) is 42.4 Å². The van der Waals surface area contributed by atoms with Crippen LogP contribution < -0.4 is 19.5 Å². The first kappa shape index (κ1) is 27.0. The highest BCUT2D eigenvalue weighted by Crippen LogP contribution is 2.41. The van der Waals surface area contributed by atoms with Gasteiger partial charge in [-0.3, -0.25) is 0 Å². The number of nitrogens with one attached hydrogen (secondary N) is 1. The maximum Gasteiger partial charge on any atom is 0.420 e. The molecule has 0 aliphatic heterocycles. The predicted molar refractivity (Wildman–Crippen MR) is 136 cm³/mol. The van der Waals surface area contributed by atoms with Crippen molar-refractivity contribution in [3.63, 3.8) is 0 Å². The Kier molecular flexibility index (Phi) is 8.82. The topological polar surface area (TPSA) is 84.0 Å². The molecule has 0 aliphatic carbocycles. The summed E-state index contributed by atoms with van der Waals surface area (Å²) < 4.78 is 68.9. The van der Waals surface area contributed by atoms with Crippen LogP contribution >= 0.6 is 0 Å². The predicted octanol–water partition coefficient (Wildman–Crippen LogP) is 6.23. The molecule has 8 nitrogen and oxygen atoms in total. The summed E-state index contributed by atoms with van der Waals surface area (Å²) in [5, 5.41) is 3.49. The van der Waals surface area contributed by atoms with E-state index in [0.717, 1.165) is 6.07 Å². The van der Waals surface area contributed by atoms with Gasteiger partial charge in [0, 0.05) is 31.4 Å². The Bertz CT molecular complexity index is 1350. The van der Waals surface area contributed by atoms with Gasteiger partial charge < -0.3 is 29.0 Å². The Balaban J connectivity index is 1.67. The molecule has 0 amide bonds. The second-order valence-corrected chi connectivity index (χ2v) is 7.97. The van der Waals surface area contributed by atoms with Crippen LogP contribution in [0, 0.1) is 0 Å². The molecule has 11 heteroatoms. The van der Waals surface area contributed by atoms with Crippen LogP contribution in [-0.2, 0) is 15.7 Å². The van der Waals surface area contributed by atoms with Crippen LogP contribution in [-0.4, -0.2) is 50.6 Å². The van der Waals surface area contributed by atoms with Gasteiger partial charge in [0.05, 0.1) is 18.7 Å². The minimum Gasteiger partial charge on any atom is -0.487 e. The molecule has 0 radical (unpaired) electrons. The van der Waals surface area contributed by atoms with Crippen molar-refractivity contribution in [2.75, 3.05) is 46.0 Å². The van der Waals surface area contributed by atoms with Crippen molar-refractivity contribution in [2.24, 2.45) is 0 Å². The molecule has 38 heavy (non-hydrogen) atoms. The summed E-state index contributed by atoms with van der Waals surface area (Å²) in [4.78, 5) is 8.54. The lowest BCUT2D eigenvalue weighted by Crippen LogP contribution is -2.09. The van der Waals surface area contributed by atoms with Crippen LogP contribution in [0.4, 0.5) is 24.7 Å². The fraction of sp³-hybridized carbons (Fsp3) is 0.259. The quantitative estimate of drug-likeness (QED) is 0.216. The minimum absolute atomic E-state index is 0.167. The van der Waals surface area contributed by atoms with E-state index in [-0.39, 0.29) is 24.7 Å². The van der Waals surface area contributed by atoms with Crippen LogP contribution in [0.1, 0.15) is 5.56 Å². The molecule has 200 valence electrons. The smallest absolute Gasteiger partial charge is 0.420 e. The molecular formula is C27H26F3N3O5. The fourth-order valence-corrected chi connectivity index (χ4v) is 3.53. The van der Waals surface area contributed by atoms with Crippen molar-refractivity contribution < 1.29 is 36.9 Å². The number of halogens is 3. The van der Waals surface area contributed by atoms with E-state index in [4.69, 9.17) is 23.7 Å². The highest BCUT2D eigenvalue weighted by molar-refractivity contribution is 5.93. The number of alkyl halides is 3. The van der Waals surface area contributed by atoms with Crippen LogP contribution in [0.3, 0.4) is 0 Å². The molecule has 0 fully saturated rings. The summed E-state index contributed by atoms with van der Waals surface area (Å²) in [5.41, 5.74) is -0.253. The van der Waals surface area contributed by atoms with Crippen molar-refractivity contribution in [3.8, 4) is 23.0 Å². The SMILES string of the molecule is COCCOc1cc2ncnc(Nc3ccc(Oc4ccccc4)c(C(F)(F)F)c3)c2cc1OCCOC. The van der Waals surface area contributed by atoms with Crippen molar-refractivity contribution >= 4 is 22.4 Å². The van der Waals surface area contributed by atoms with E-state index in [1.54, 1.807) is 56.7 Å². The van der Waals surface area contributed by atoms with Gasteiger partial charge in [-0.2, -0.15) is 13.2 Å². The number of benzene rings is 3. The Morgan fingerprint density at radius 1 is 0.763 bits per heavy atom. The zero-order valence-electron chi connectivity index (χ0n) is 20.7. The van der Waals surface area contributed by atoms with E-state index >= 15 is 0 Å². The average Bonchev–Trinajstić information content (AvgIpc) is 2.90. The first-order valence-corrected chi connectivity index (χ1v) is 11.6. The van der Waals surface area contributed by atoms with Crippen molar-refractivity contribution in [1.29, 1.82) is 0 Å². The van der Waals surface area contributed by atoms with E-state index in [2.05, 4.69) is 15.3 Å². The molecule has 4 aromatic rings. The number of aromatic nitrogens is 2. The Hall–Kier alpha value is -4.09. The first-order chi connectivity index (χ1) is 18.4. The van der Waals surface area contributed by atoms with E-state index in [0.29, 0.717) is 47.2 Å². The second kappa shape index (κ2) is 12.4. The lowest BCUT2D eigenvalue weighted by atomic mass is 10.1. The summed E-state index contributed by atoms with van der Waals surface area (Å²) in [6.07, 6.45) is -3.33. The van der Waals surface area contributed by atoms with Gasteiger partial charge in [0.25, 0.3) is 0 Å². The van der Waals surface area contributed by atoms with Gasteiger partial charge in [-0.15, -0.1) is 0 Å². The van der Waals surface area contributed by atoms with Gasteiger partial charge in [0.2, 0.25) is 0 Å². The standard InChI is InChI=1S/C27H26F3N3O5/c1-34-10-12-36-24-15-20-22(16-25(24)37-13-11-35-2)31-17-32-26(20)33-18-8-9-23(21(14-18)27(28,29)30)38-19-6-4-3-5-7-19/h3-9,14-17H,10-13H2,1-2H3,(H,31,32,33). The first-order valence-electron chi connectivity index (χ1n) is 11.6. The van der Waals surface area contributed by atoms with Crippen LogP contribution in [0.15, 0.2) is 67.0 Å². The molecule has 0 unspecified atom stereocenters. The Labute approximate surface area is 217 Å². The number of para-hydroxylation sites is 1. The normalized spacial score (nSPS) is 11.4. The molecule has 1 N–H and O–H groups in total. The van der Waals surface area contributed by atoms with Crippen molar-refractivity contribution in [3.05, 3.63) is 72.6 Å². The average molecular weight is 530 g/mol. The maximum absolute atomic E-state index is 13.9. The van der Waals surface area contributed by atoms with Crippen LogP contribution in [0.25, 0.3) is 10.9 Å². The van der Waals surface area contributed by atoms with Gasteiger partial charge >= 0.3 is 6.18 Å². The lowest BCUT2D eigenvalue weighted by molar-refractivity contribution is -0.138. The summed E-state index contributed by atoms with van der Waals surface area (Å²) in [6, 6.07) is 15.4. The number of hydrogen-bond acceptors (Lipinski definition) is 8. The van der Waals surface area contributed by atoms with E-state index < -0.39 is 11.7 Å². The van der Waals surface area contributed by atoms with Crippen LogP contribution in [0.2, 0.25) is 0 Å². The third-order valence-corrected chi connectivity index (χ3v) is 5.31. The maximum atomic E-state index is 13.9. The number of ether oxygens (including phenoxy) is 5. The van der Waals surface area contributed by atoms with Crippen molar-refractivity contribution in [2.45, 2.75) is 6.18 Å². The van der Waals surface area contributed by atoms with Crippen LogP contribution in [0.5, 0.6) is 23.0 Å². The summed E-state index contributed by atoms with van der Waals surface area (Å²) in [7, 11) is 3.12. The third-order valence-electron chi connectivity index (χ3n) is 5.31. The number of methoxy groups -OCH3 is 2. The van der Waals surface area contributed by atoms with Gasteiger partial charge in [-0.05, 0) is 36.4 Å². The molecule has 0 saturated heterocycles. The third kappa shape index (κ3) is 6.81. The zero-order chi connectivity index (χ0) is 27.0. The number of hydrogen-bond donors (Lipinski definition) is 1. The van der Waals surface area contributed by atoms with Gasteiger partial charge in [0.15, 0.2) is 11.5 Å². The molecule has 3 aromatic carbocycles. The summed E-state index contributed by atoms with van der Waals surface area (Å²) in [5.74, 6) is 1.13. The fourth-order valence-electron chi connectivity index (χ4n) is 3.53. The molecule has 0 aliphatic rings. The molecular weight excluding hydrogens is 503 g/mol. The van der Waals surface area contributed by atoms with E-state index in [1.807, 2.05) is 0 Å². The monoisotopic (exact) mass is 529 g/mol. The van der Waals surface area contributed by atoms with Gasteiger partial charge in [-0.25, -0.2) is 9.97 Å². The molecule has 1 heterocycles. The number of nitrogens with zero attached hydrogens (tertiary/aromatic N) is 2. The molecule has 1 aromatic heterocycles. The molecule has 0 bridgehead atoms. The van der Waals surface area contributed by atoms with Crippen molar-refractivity contribution in [1.82, 2.24) is 9.97 Å². The zero-order valence-corrected chi connectivity index (χ0v) is 20.7. The molecule has 0 atom stereocenters.